The van der Waals surface area contributed by atoms with Gasteiger partial charge in [-0.2, -0.15) is 0 Å². The Morgan fingerprint density at radius 1 is 1.24 bits per heavy atom. The van der Waals surface area contributed by atoms with Crippen molar-refractivity contribution in [2.75, 3.05) is 53.6 Å². The highest BCUT2D eigenvalue weighted by Crippen LogP contribution is 2.18. The maximum absolute atomic E-state index is 5.21. The van der Waals surface area contributed by atoms with Crippen LogP contribution in [0.25, 0.3) is 0 Å². The third-order valence-corrected chi connectivity index (χ3v) is 3.60. The molecule has 102 valence electrons. The average Bonchev–Trinajstić information content (AvgIpc) is 2.36. The van der Waals surface area contributed by atoms with Gasteiger partial charge in [-0.25, -0.2) is 0 Å². The average molecular weight is 244 g/mol. The minimum absolute atomic E-state index is 0.558. The molecule has 0 aromatic carbocycles. The molecule has 0 aliphatic carbocycles. The summed E-state index contributed by atoms with van der Waals surface area (Å²) in [4.78, 5) is 2.54. The zero-order valence-electron chi connectivity index (χ0n) is 11.6. The first kappa shape index (κ1) is 14.9. The van der Waals surface area contributed by atoms with Crippen molar-refractivity contribution < 1.29 is 9.47 Å². The van der Waals surface area contributed by atoms with Crippen LogP contribution >= 0.6 is 0 Å². The molecule has 0 amide bonds. The molecule has 1 rings (SSSR count). The lowest BCUT2D eigenvalue weighted by molar-refractivity contribution is 0.0731. The van der Waals surface area contributed by atoms with Crippen molar-refractivity contribution >= 4 is 0 Å². The number of nitrogens with one attached hydrogen (secondary N) is 1. The number of ether oxygens (including phenoxy) is 2. The van der Waals surface area contributed by atoms with Crippen molar-refractivity contribution in [1.29, 1.82) is 0 Å². The second-order valence-corrected chi connectivity index (χ2v) is 4.98. The quantitative estimate of drug-likeness (QED) is 0.645. The molecule has 0 spiro atoms. The molecule has 1 fully saturated rings. The zero-order chi connectivity index (χ0) is 12.5. The standard InChI is InChI=1S/C13H28N2O2/c1-12(11-17-3)15-7-4-13(5-8-15)10-14-6-9-16-2/h12-14H,4-11H2,1-3H3. The van der Waals surface area contributed by atoms with Gasteiger partial charge >= 0.3 is 0 Å². The molecular weight excluding hydrogens is 216 g/mol. The molecule has 0 aromatic rings. The Balaban J connectivity index is 2.08. The first-order valence-electron chi connectivity index (χ1n) is 6.70. The highest BCUT2D eigenvalue weighted by atomic mass is 16.5. The number of rotatable bonds is 8. The van der Waals surface area contributed by atoms with Gasteiger partial charge in [-0.3, -0.25) is 4.90 Å². The lowest BCUT2D eigenvalue weighted by Gasteiger charge is -2.35. The summed E-state index contributed by atoms with van der Waals surface area (Å²) in [5.74, 6) is 0.831. The molecule has 0 radical (unpaired) electrons. The van der Waals surface area contributed by atoms with Crippen LogP contribution in [0.4, 0.5) is 0 Å². The lowest BCUT2D eigenvalue weighted by Crippen LogP contribution is -2.43. The Morgan fingerprint density at radius 2 is 1.94 bits per heavy atom. The summed E-state index contributed by atoms with van der Waals surface area (Å²) < 4.78 is 10.2. The van der Waals surface area contributed by atoms with Crippen molar-refractivity contribution in [3.8, 4) is 0 Å². The Morgan fingerprint density at radius 3 is 2.53 bits per heavy atom. The number of hydrogen-bond acceptors (Lipinski definition) is 4. The van der Waals surface area contributed by atoms with Crippen molar-refractivity contribution in [2.24, 2.45) is 5.92 Å². The van der Waals surface area contributed by atoms with E-state index in [1.54, 1.807) is 14.2 Å². The van der Waals surface area contributed by atoms with E-state index in [9.17, 15) is 0 Å². The van der Waals surface area contributed by atoms with Crippen LogP contribution in [-0.2, 0) is 9.47 Å². The van der Waals surface area contributed by atoms with Gasteiger partial charge in [0.2, 0.25) is 0 Å². The molecule has 1 atom stereocenters. The summed E-state index contributed by atoms with van der Waals surface area (Å²) in [5, 5.41) is 3.46. The predicted molar refractivity (Wildman–Crippen MR) is 70.4 cm³/mol. The normalized spacial score (nSPS) is 20.6. The number of nitrogens with zero attached hydrogens (tertiary/aromatic N) is 1. The van der Waals surface area contributed by atoms with Gasteiger partial charge in [0.05, 0.1) is 13.2 Å². The van der Waals surface area contributed by atoms with E-state index in [0.717, 1.165) is 32.2 Å². The maximum Gasteiger partial charge on any atom is 0.0615 e. The molecular formula is C13H28N2O2. The fourth-order valence-corrected chi connectivity index (χ4v) is 2.42. The predicted octanol–water partition coefficient (Wildman–Crippen LogP) is 0.969. The van der Waals surface area contributed by atoms with Crippen molar-refractivity contribution in [3.63, 3.8) is 0 Å². The zero-order valence-corrected chi connectivity index (χ0v) is 11.6. The number of likely N-dealkylation sites (tertiary alicyclic amines) is 1. The Kier molecular flexibility index (Phi) is 7.77. The maximum atomic E-state index is 5.21. The SMILES string of the molecule is COCCNCC1CCN(C(C)COC)CC1. The van der Waals surface area contributed by atoms with E-state index >= 15 is 0 Å². The first-order chi connectivity index (χ1) is 8.27. The molecule has 17 heavy (non-hydrogen) atoms. The van der Waals surface area contributed by atoms with Gasteiger partial charge in [0.15, 0.2) is 0 Å². The minimum Gasteiger partial charge on any atom is -0.383 e. The summed E-state index contributed by atoms with van der Waals surface area (Å²) in [5.41, 5.74) is 0. The van der Waals surface area contributed by atoms with Gasteiger partial charge in [-0.1, -0.05) is 0 Å². The second kappa shape index (κ2) is 8.86. The van der Waals surface area contributed by atoms with Crippen LogP contribution in [0.3, 0.4) is 0 Å². The lowest BCUT2D eigenvalue weighted by atomic mass is 9.96. The van der Waals surface area contributed by atoms with E-state index in [1.807, 2.05) is 0 Å². The fraction of sp³-hybridized carbons (Fsp3) is 1.00. The van der Waals surface area contributed by atoms with Crippen LogP contribution < -0.4 is 5.32 Å². The third-order valence-electron chi connectivity index (χ3n) is 3.60. The van der Waals surface area contributed by atoms with Crippen LogP contribution in [0, 0.1) is 5.92 Å². The van der Waals surface area contributed by atoms with Gasteiger partial charge in [0.1, 0.15) is 0 Å². The summed E-state index contributed by atoms with van der Waals surface area (Å²) in [6.07, 6.45) is 2.60. The van der Waals surface area contributed by atoms with Crippen LogP contribution in [0.5, 0.6) is 0 Å². The minimum atomic E-state index is 0.558. The van der Waals surface area contributed by atoms with E-state index < -0.39 is 0 Å². The van der Waals surface area contributed by atoms with Crippen LogP contribution in [0.15, 0.2) is 0 Å². The monoisotopic (exact) mass is 244 g/mol. The summed E-state index contributed by atoms with van der Waals surface area (Å²) >= 11 is 0. The smallest absolute Gasteiger partial charge is 0.0615 e. The van der Waals surface area contributed by atoms with Crippen LogP contribution in [-0.4, -0.2) is 64.6 Å². The van der Waals surface area contributed by atoms with Gasteiger partial charge in [0.25, 0.3) is 0 Å². The number of hydrogen-bond donors (Lipinski definition) is 1. The first-order valence-corrected chi connectivity index (χ1v) is 6.70. The molecule has 1 N–H and O–H groups in total. The van der Waals surface area contributed by atoms with E-state index in [4.69, 9.17) is 9.47 Å². The molecule has 1 aliphatic rings. The van der Waals surface area contributed by atoms with Gasteiger partial charge in [0, 0.05) is 26.8 Å². The van der Waals surface area contributed by atoms with E-state index in [-0.39, 0.29) is 0 Å². The summed E-state index contributed by atoms with van der Waals surface area (Å²) in [7, 11) is 3.53. The molecule has 0 bridgehead atoms. The molecule has 1 saturated heterocycles. The van der Waals surface area contributed by atoms with Crippen molar-refractivity contribution in [2.45, 2.75) is 25.8 Å². The van der Waals surface area contributed by atoms with Gasteiger partial charge in [-0.05, 0) is 45.3 Å². The van der Waals surface area contributed by atoms with E-state index in [2.05, 4.69) is 17.1 Å². The molecule has 0 aromatic heterocycles. The number of methoxy groups -OCH3 is 2. The molecule has 1 aliphatic heterocycles. The third kappa shape index (κ3) is 5.82. The van der Waals surface area contributed by atoms with Gasteiger partial charge < -0.3 is 14.8 Å². The van der Waals surface area contributed by atoms with Crippen molar-refractivity contribution in [1.82, 2.24) is 10.2 Å². The molecule has 0 saturated carbocycles. The number of piperidine rings is 1. The highest BCUT2D eigenvalue weighted by Gasteiger charge is 2.22. The highest BCUT2D eigenvalue weighted by molar-refractivity contribution is 4.77. The summed E-state index contributed by atoms with van der Waals surface area (Å²) in [6, 6.07) is 0.558. The van der Waals surface area contributed by atoms with Crippen LogP contribution in [0.2, 0.25) is 0 Å². The molecule has 4 heteroatoms. The van der Waals surface area contributed by atoms with E-state index in [0.29, 0.717) is 6.04 Å². The Hall–Kier alpha value is -0.160. The largest absolute Gasteiger partial charge is 0.383 e. The summed E-state index contributed by atoms with van der Waals surface area (Å²) in [6.45, 7) is 8.43. The van der Waals surface area contributed by atoms with Crippen molar-refractivity contribution in [3.05, 3.63) is 0 Å². The van der Waals surface area contributed by atoms with Crippen LogP contribution in [0.1, 0.15) is 19.8 Å². The molecule has 1 heterocycles. The van der Waals surface area contributed by atoms with Gasteiger partial charge in [-0.15, -0.1) is 0 Å². The topological polar surface area (TPSA) is 33.7 Å². The Bertz CT molecular complexity index is 182. The molecule has 1 unspecified atom stereocenters. The molecule has 4 nitrogen and oxygen atoms in total. The Labute approximate surface area is 106 Å². The fourth-order valence-electron chi connectivity index (χ4n) is 2.42. The second-order valence-electron chi connectivity index (χ2n) is 4.98. The van der Waals surface area contributed by atoms with E-state index in [1.165, 1.54) is 25.9 Å².